The van der Waals surface area contributed by atoms with Gasteiger partial charge in [-0.3, -0.25) is 4.79 Å². The summed E-state index contributed by atoms with van der Waals surface area (Å²) in [6, 6.07) is 18.4. The van der Waals surface area contributed by atoms with E-state index in [0.717, 1.165) is 34.3 Å². The van der Waals surface area contributed by atoms with Gasteiger partial charge < -0.3 is 9.88 Å². The van der Waals surface area contributed by atoms with E-state index in [1.54, 1.807) is 0 Å². The predicted octanol–water partition coefficient (Wildman–Crippen LogP) is 6.12. The maximum Gasteiger partial charge on any atom is 0.236 e. The molecule has 0 fully saturated rings. The molecule has 4 aromatic rings. The lowest BCUT2D eigenvalue weighted by Crippen LogP contribution is -2.14. The SMILES string of the molecule is CCn1c(SCC(=O)Nc2nc(-c3ccccc3)cs2)nnc1-c1ccc(C(C)(C)C)cc1. The molecule has 170 valence electrons. The number of nitrogens with zero attached hydrogens (tertiary/aromatic N) is 4. The third kappa shape index (κ3) is 5.51. The fourth-order valence-electron chi connectivity index (χ4n) is 3.37. The fraction of sp³-hybridized carbons (Fsp3) is 0.280. The normalized spacial score (nSPS) is 11.5. The first-order valence-corrected chi connectivity index (χ1v) is 12.7. The van der Waals surface area contributed by atoms with E-state index in [2.05, 4.69) is 72.5 Å². The lowest BCUT2D eigenvalue weighted by Gasteiger charge is -2.19. The minimum absolute atomic E-state index is 0.102. The molecular formula is C25H27N5OS2. The van der Waals surface area contributed by atoms with Crippen LogP contribution in [0.4, 0.5) is 5.13 Å². The van der Waals surface area contributed by atoms with Gasteiger partial charge in [0.15, 0.2) is 16.1 Å². The standard InChI is InChI=1S/C25H27N5OS2/c1-5-30-22(18-11-13-19(14-12-18)25(2,3)4)28-29-24(30)33-16-21(31)27-23-26-20(15-32-23)17-9-7-6-8-10-17/h6-15H,5,16H2,1-4H3,(H,26,27,31). The van der Waals surface area contributed by atoms with Crippen LogP contribution in [0.15, 0.2) is 65.1 Å². The van der Waals surface area contributed by atoms with E-state index in [9.17, 15) is 4.79 Å². The third-order valence-corrected chi connectivity index (χ3v) is 6.92. The summed E-state index contributed by atoms with van der Waals surface area (Å²) in [7, 11) is 0. The first-order chi connectivity index (χ1) is 15.8. The number of amides is 1. The molecule has 1 amide bonds. The highest BCUT2D eigenvalue weighted by Crippen LogP contribution is 2.28. The van der Waals surface area contributed by atoms with E-state index in [1.807, 2.05) is 40.3 Å². The van der Waals surface area contributed by atoms with Gasteiger partial charge in [0.05, 0.1) is 11.4 Å². The van der Waals surface area contributed by atoms with Gasteiger partial charge >= 0.3 is 0 Å². The topological polar surface area (TPSA) is 72.7 Å². The number of benzene rings is 2. The molecule has 6 nitrogen and oxygen atoms in total. The molecule has 0 unspecified atom stereocenters. The molecular weight excluding hydrogens is 450 g/mol. The summed E-state index contributed by atoms with van der Waals surface area (Å²) < 4.78 is 2.04. The molecule has 0 aliphatic carbocycles. The summed E-state index contributed by atoms with van der Waals surface area (Å²) in [4.78, 5) is 17.0. The summed E-state index contributed by atoms with van der Waals surface area (Å²) in [6.45, 7) is 9.38. The molecule has 0 atom stereocenters. The number of carbonyl (C=O) groups excluding carboxylic acids is 1. The van der Waals surface area contributed by atoms with Crippen molar-refractivity contribution in [3.8, 4) is 22.6 Å². The number of thiazole rings is 1. The minimum Gasteiger partial charge on any atom is -0.302 e. The van der Waals surface area contributed by atoms with Crippen molar-refractivity contribution in [1.29, 1.82) is 0 Å². The van der Waals surface area contributed by atoms with Crippen LogP contribution < -0.4 is 5.32 Å². The van der Waals surface area contributed by atoms with Gasteiger partial charge in [-0.15, -0.1) is 21.5 Å². The Morgan fingerprint density at radius 2 is 1.76 bits per heavy atom. The number of rotatable bonds is 7. The van der Waals surface area contributed by atoms with Gasteiger partial charge in [0.2, 0.25) is 5.91 Å². The first-order valence-electron chi connectivity index (χ1n) is 10.8. The van der Waals surface area contributed by atoms with E-state index in [1.165, 1.54) is 28.7 Å². The van der Waals surface area contributed by atoms with E-state index in [4.69, 9.17) is 0 Å². The highest BCUT2D eigenvalue weighted by atomic mass is 32.2. The van der Waals surface area contributed by atoms with Crippen LogP contribution >= 0.6 is 23.1 Å². The molecule has 8 heteroatoms. The van der Waals surface area contributed by atoms with Gasteiger partial charge in [-0.1, -0.05) is 87.1 Å². The molecule has 0 aliphatic heterocycles. The summed E-state index contributed by atoms with van der Waals surface area (Å²) in [5.74, 6) is 0.936. The lowest BCUT2D eigenvalue weighted by molar-refractivity contribution is -0.113. The molecule has 0 bridgehead atoms. The van der Waals surface area contributed by atoms with Crippen molar-refractivity contribution in [2.24, 2.45) is 0 Å². The Hall–Kier alpha value is -2.97. The van der Waals surface area contributed by atoms with Crippen molar-refractivity contribution in [3.63, 3.8) is 0 Å². The quantitative estimate of drug-likeness (QED) is 0.325. The molecule has 4 rings (SSSR count). The molecule has 0 saturated heterocycles. The van der Waals surface area contributed by atoms with Crippen LogP contribution in [0, 0.1) is 0 Å². The van der Waals surface area contributed by atoms with E-state index < -0.39 is 0 Å². The monoisotopic (exact) mass is 477 g/mol. The van der Waals surface area contributed by atoms with Gasteiger partial charge in [0.1, 0.15) is 0 Å². The molecule has 2 heterocycles. The minimum atomic E-state index is -0.115. The average molecular weight is 478 g/mol. The highest BCUT2D eigenvalue weighted by molar-refractivity contribution is 7.99. The molecule has 2 aromatic carbocycles. The Balaban J connectivity index is 1.40. The summed E-state index contributed by atoms with van der Waals surface area (Å²) in [5, 5.41) is 14.9. The first kappa shape index (κ1) is 23.2. The number of hydrogen-bond donors (Lipinski definition) is 1. The van der Waals surface area contributed by atoms with Crippen molar-refractivity contribution in [2.45, 2.75) is 44.8 Å². The van der Waals surface area contributed by atoms with Gasteiger partial charge in [-0.25, -0.2) is 4.98 Å². The highest BCUT2D eigenvalue weighted by Gasteiger charge is 2.17. The number of hydrogen-bond acceptors (Lipinski definition) is 6. The van der Waals surface area contributed by atoms with Crippen molar-refractivity contribution >= 4 is 34.1 Å². The maximum atomic E-state index is 12.5. The molecule has 1 N–H and O–H groups in total. The van der Waals surface area contributed by atoms with Crippen LogP contribution in [0.25, 0.3) is 22.6 Å². The Bertz CT molecular complexity index is 1220. The molecule has 0 radical (unpaired) electrons. The lowest BCUT2D eigenvalue weighted by atomic mass is 9.87. The van der Waals surface area contributed by atoms with E-state index >= 15 is 0 Å². The van der Waals surface area contributed by atoms with Gasteiger partial charge in [-0.05, 0) is 17.9 Å². The molecule has 0 aliphatic rings. The third-order valence-electron chi connectivity index (χ3n) is 5.19. The predicted molar refractivity (Wildman–Crippen MR) is 137 cm³/mol. The smallest absolute Gasteiger partial charge is 0.236 e. The van der Waals surface area contributed by atoms with Crippen LogP contribution in [0.5, 0.6) is 0 Å². The van der Waals surface area contributed by atoms with Crippen LogP contribution in [-0.2, 0) is 16.8 Å². The zero-order valence-corrected chi connectivity index (χ0v) is 20.8. The zero-order chi connectivity index (χ0) is 23.4. The second-order valence-electron chi connectivity index (χ2n) is 8.62. The Kier molecular flexibility index (Phi) is 6.95. The summed E-state index contributed by atoms with van der Waals surface area (Å²) in [5.41, 5.74) is 4.28. The van der Waals surface area contributed by atoms with Crippen LogP contribution in [0.1, 0.15) is 33.3 Å². The number of aromatic nitrogens is 4. The Morgan fingerprint density at radius 1 is 1.03 bits per heavy atom. The number of thioether (sulfide) groups is 1. The van der Waals surface area contributed by atoms with Crippen molar-refractivity contribution in [1.82, 2.24) is 19.7 Å². The molecule has 0 saturated carbocycles. The van der Waals surface area contributed by atoms with E-state index in [0.29, 0.717) is 5.13 Å². The summed E-state index contributed by atoms with van der Waals surface area (Å²) in [6.07, 6.45) is 0. The van der Waals surface area contributed by atoms with Gasteiger partial charge in [0, 0.05) is 23.1 Å². The number of nitrogens with one attached hydrogen (secondary N) is 1. The number of carbonyl (C=O) groups is 1. The Morgan fingerprint density at radius 3 is 2.42 bits per heavy atom. The van der Waals surface area contributed by atoms with Crippen molar-refractivity contribution < 1.29 is 4.79 Å². The largest absolute Gasteiger partial charge is 0.302 e. The van der Waals surface area contributed by atoms with Crippen molar-refractivity contribution in [2.75, 3.05) is 11.1 Å². The van der Waals surface area contributed by atoms with Gasteiger partial charge in [0.25, 0.3) is 0 Å². The second kappa shape index (κ2) is 9.89. The van der Waals surface area contributed by atoms with Gasteiger partial charge in [-0.2, -0.15) is 0 Å². The van der Waals surface area contributed by atoms with Crippen LogP contribution in [-0.4, -0.2) is 31.4 Å². The van der Waals surface area contributed by atoms with Crippen LogP contribution in [0.2, 0.25) is 0 Å². The van der Waals surface area contributed by atoms with Crippen LogP contribution in [0.3, 0.4) is 0 Å². The zero-order valence-electron chi connectivity index (χ0n) is 19.2. The Labute approximate surface area is 202 Å². The second-order valence-corrected chi connectivity index (χ2v) is 10.4. The fourth-order valence-corrected chi connectivity index (χ4v) is 4.91. The molecule has 0 spiro atoms. The average Bonchev–Trinajstić information content (AvgIpc) is 3.44. The van der Waals surface area contributed by atoms with E-state index in [-0.39, 0.29) is 17.1 Å². The van der Waals surface area contributed by atoms with Crippen molar-refractivity contribution in [3.05, 3.63) is 65.5 Å². The molecule has 33 heavy (non-hydrogen) atoms. The summed E-state index contributed by atoms with van der Waals surface area (Å²) >= 11 is 2.80. The molecule has 2 aromatic heterocycles. The maximum absolute atomic E-state index is 12.5. The number of anilines is 1.